The molecule has 0 aliphatic carbocycles. The summed E-state index contributed by atoms with van der Waals surface area (Å²) in [5.74, 6) is 0.772. The number of aliphatic hydroxyl groups excluding tert-OH is 2. The van der Waals surface area contributed by atoms with Crippen molar-refractivity contribution in [1.29, 1.82) is 0 Å². The topological polar surface area (TPSA) is 46.9 Å². The van der Waals surface area contributed by atoms with Gasteiger partial charge in [0.25, 0.3) is 0 Å². The van der Waals surface area contributed by atoms with Crippen LogP contribution in [0, 0.1) is 18.8 Å². The average molecular weight is 342 g/mol. The van der Waals surface area contributed by atoms with Gasteiger partial charge in [-0.3, -0.25) is 4.90 Å². The van der Waals surface area contributed by atoms with Gasteiger partial charge in [0.05, 0.1) is 6.61 Å². The van der Waals surface area contributed by atoms with Crippen molar-refractivity contribution in [2.24, 2.45) is 11.8 Å². The van der Waals surface area contributed by atoms with Gasteiger partial charge in [0.15, 0.2) is 0 Å². The fourth-order valence-electron chi connectivity index (χ4n) is 4.12. The van der Waals surface area contributed by atoms with Crippen LogP contribution in [0.3, 0.4) is 0 Å². The number of fused-ring (bicyclic) bond motifs is 1. The van der Waals surface area contributed by atoms with Crippen LogP contribution in [0.25, 0.3) is 10.8 Å². The van der Waals surface area contributed by atoms with Gasteiger partial charge in [-0.1, -0.05) is 36.4 Å². The number of hydrogen-bond acceptors (Lipinski definition) is 4. The number of likely N-dealkylation sites (tertiary alicyclic amines) is 1. The zero-order valence-electron chi connectivity index (χ0n) is 15.4. The first-order valence-corrected chi connectivity index (χ1v) is 9.22. The molecule has 0 bridgehead atoms. The lowest BCUT2D eigenvalue weighted by Crippen LogP contribution is -2.33. The summed E-state index contributed by atoms with van der Waals surface area (Å²) in [5.41, 5.74) is 2.74. The maximum Gasteiger partial charge on any atom is 0.0558 e. The lowest BCUT2D eigenvalue weighted by atomic mass is 9.96. The van der Waals surface area contributed by atoms with Crippen LogP contribution in [0.1, 0.15) is 11.1 Å². The van der Waals surface area contributed by atoms with E-state index in [1.165, 1.54) is 21.9 Å². The van der Waals surface area contributed by atoms with Gasteiger partial charge in [0.1, 0.15) is 0 Å². The summed E-state index contributed by atoms with van der Waals surface area (Å²) >= 11 is 0. The Hall–Kier alpha value is -1.46. The molecule has 2 aromatic rings. The van der Waals surface area contributed by atoms with Crippen LogP contribution >= 0.6 is 0 Å². The van der Waals surface area contributed by atoms with Crippen LogP contribution in [0.2, 0.25) is 0 Å². The Bertz CT molecular complexity index is 703. The van der Waals surface area contributed by atoms with Crippen LogP contribution in [0.4, 0.5) is 0 Å². The molecule has 1 aliphatic heterocycles. The highest BCUT2D eigenvalue weighted by Crippen LogP contribution is 2.29. The third-order valence-electron chi connectivity index (χ3n) is 5.57. The smallest absolute Gasteiger partial charge is 0.0558 e. The standard InChI is InChI=1S/C21H30N2O2/c1-16-7-8-17-5-3-4-6-20(17)21(16)14-23-12-18(19(13-23)15-25)11-22(2)9-10-24/h3-8,18-19,24-25H,9-15H2,1-2H3/t18-,19-/m1/s1. The summed E-state index contributed by atoms with van der Waals surface area (Å²) in [6.45, 7) is 7.11. The van der Waals surface area contributed by atoms with E-state index in [2.05, 4.69) is 53.1 Å². The molecule has 0 unspecified atom stereocenters. The summed E-state index contributed by atoms with van der Waals surface area (Å²) in [5, 5.41) is 21.5. The second-order valence-corrected chi connectivity index (χ2v) is 7.46. The minimum atomic E-state index is 0.186. The van der Waals surface area contributed by atoms with Crippen molar-refractivity contribution in [3.05, 3.63) is 47.5 Å². The molecule has 0 radical (unpaired) electrons. The normalized spacial score (nSPS) is 21.5. The molecule has 0 saturated carbocycles. The van der Waals surface area contributed by atoms with E-state index in [1.54, 1.807) is 0 Å². The number of aryl methyl sites for hydroxylation is 1. The highest BCUT2D eigenvalue weighted by atomic mass is 16.3. The van der Waals surface area contributed by atoms with Crippen molar-refractivity contribution in [2.45, 2.75) is 13.5 Å². The fourth-order valence-corrected chi connectivity index (χ4v) is 4.12. The summed E-state index contributed by atoms with van der Waals surface area (Å²) in [6.07, 6.45) is 0. The second-order valence-electron chi connectivity index (χ2n) is 7.46. The Balaban J connectivity index is 1.75. The molecule has 4 heteroatoms. The molecule has 2 N–H and O–H groups in total. The van der Waals surface area contributed by atoms with E-state index in [9.17, 15) is 5.11 Å². The Kier molecular flexibility index (Phi) is 6.07. The highest BCUT2D eigenvalue weighted by molar-refractivity contribution is 5.86. The van der Waals surface area contributed by atoms with Crippen LogP contribution < -0.4 is 0 Å². The summed E-state index contributed by atoms with van der Waals surface area (Å²) < 4.78 is 0. The van der Waals surface area contributed by atoms with Gasteiger partial charge in [-0.05, 0) is 47.7 Å². The molecular weight excluding hydrogens is 312 g/mol. The number of aliphatic hydroxyl groups is 2. The molecule has 2 atom stereocenters. The van der Waals surface area contributed by atoms with E-state index in [-0.39, 0.29) is 13.2 Å². The van der Waals surface area contributed by atoms with Gasteiger partial charge in [0, 0.05) is 39.3 Å². The van der Waals surface area contributed by atoms with Crippen LogP contribution in [-0.2, 0) is 6.54 Å². The lowest BCUT2D eigenvalue weighted by Gasteiger charge is -2.23. The van der Waals surface area contributed by atoms with Crippen LogP contribution in [-0.4, -0.2) is 66.5 Å². The minimum absolute atomic E-state index is 0.186. The van der Waals surface area contributed by atoms with Crippen molar-refractivity contribution in [3.63, 3.8) is 0 Å². The summed E-state index contributed by atoms with van der Waals surface area (Å²) in [7, 11) is 2.04. The van der Waals surface area contributed by atoms with Crippen molar-refractivity contribution >= 4 is 10.8 Å². The molecule has 136 valence electrons. The predicted octanol–water partition coefficient (Wildman–Crippen LogP) is 2.11. The predicted molar refractivity (Wildman–Crippen MR) is 103 cm³/mol. The van der Waals surface area contributed by atoms with E-state index < -0.39 is 0 Å². The molecule has 1 heterocycles. The van der Waals surface area contributed by atoms with Crippen molar-refractivity contribution < 1.29 is 10.2 Å². The van der Waals surface area contributed by atoms with Crippen LogP contribution in [0.15, 0.2) is 36.4 Å². The second kappa shape index (κ2) is 8.28. The van der Waals surface area contributed by atoms with E-state index in [4.69, 9.17) is 5.11 Å². The van der Waals surface area contributed by atoms with E-state index in [0.717, 1.165) is 26.2 Å². The monoisotopic (exact) mass is 342 g/mol. The van der Waals surface area contributed by atoms with E-state index in [0.29, 0.717) is 18.4 Å². The first-order valence-electron chi connectivity index (χ1n) is 9.22. The van der Waals surface area contributed by atoms with E-state index in [1.807, 2.05) is 7.05 Å². The van der Waals surface area contributed by atoms with Crippen molar-refractivity contribution in [2.75, 3.05) is 46.4 Å². The zero-order valence-corrected chi connectivity index (χ0v) is 15.4. The molecule has 1 fully saturated rings. The molecule has 0 aromatic heterocycles. The molecule has 2 aromatic carbocycles. The molecule has 25 heavy (non-hydrogen) atoms. The summed E-state index contributed by atoms with van der Waals surface area (Å²) in [6, 6.07) is 13.0. The highest BCUT2D eigenvalue weighted by Gasteiger charge is 2.33. The molecule has 1 saturated heterocycles. The fraction of sp³-hybridized carbons (Fsp3) is 0.524. The SMILES string of the molecule is Cc1ccc2ccccc2c1CN1C[C@@H](CN(C)CCO)[C@@H](CO)C1. The largest absolute Gasteiger partial charge is 0.396 e. The maximum atomic E-state index is 9.79. The Morgan fingerprint density at radius 2 is 1.84 bits per heavy atom. The molecule has 4 nitrogen and oxygen atoms in total. The quantitative estimate of drug-likeness (QED) is 0.809. The zero-order chi connectivity index (χ0) is 17.8. The molecule has 3 rings (SSSR count). The minimum Gasteiger partial charge on any atom is -0.396 e. The summed E-state index contributed by atoms with van der Waals surface area (Å²) in [4.78, 5) is 4.65. The molecule has 1 aliphatic rings. The Labute approximate surface area is 150 Å². The Morgan fingerprint density at radius 1 is 1.08 bits per heavy atom. The van der Waals surface area contributed by atoms with Gasteiger partial charge < -0.3 is 15.1 Å². The van der Waals surface area contributed by atoms with Crippen molar-refractivity contribution in [1.82, 2.24) is 9.80 Å². The first-order chi connectivity index (χ1) is 12.1. The number of benzene rings is 2. The average Bonchev–Trinajstić information content (AvgIpc) is 2.99. The number of hydrogen-bond donors (Lipinski definition) is 2. The van der Waals surface area contributed by atoms with Gasteiger partial charge in [-0.2, -0.15) is 0 Å². The first kappa shape index (κ1) is 18.3. The van der Waals surface area contributed by atoms with Gasteiger partial charge in [-0.25, -0.2) is 0 Å². The number of rotatable bonds is 7. The molecule has 0 amide bonds. The lowest BCUT2D eigenvalue weighted by molar-refractivity contribution is 0.160. The van der Waals surface area contributed by atoms with Gasteiger partial charge >= 0.3 is 0 Å². The van der Waals surface area contributed by atoms with Gasteiger partial charge in [-0.15, -0.1) is 0 Å². The Morgan fingerprint density at radius 3 is 2.60 bits per heavy atom. The number of likely N-dealkylation sites (N-methyl/N-ethyl adjacent to an activating group) is 1. The number of nitrogens with zero attached hydrogens (tertiary/aromatic N) is 2. The van der Waals surface area contributed by atoms with Crippen molar-refractivity contribution in [3.8, 4) is 0 Å². The molecular formula is C21H30N2O2. The molecule has 0 spiro atoms. The van der Waals surface area contributed by atoms with Gasteiger partial charge in [0.2, 0.25) is 0 Å². The third-order valence-corrected chi connectivity index (χ3v) is 5.57. The third kappa shape index (κ3) is 4.21. The van der Waals surface area contributed by atoms with E-state index >= 15 is 0 Å². The van der Waals surface area contributed by atoms with Crippen LogP contribution in [0.5, 0.6) is 0 Å². The maximum absolute atomic E-state index is 9.79.